The number of carboxylic acids is 1. The molecule has 0 aliphatic rings. The summed E-state index contributed by atoms with van der Waals surface area (Å²) in [6, 6.07) is 11.8. The Morgan fingerprint density at radius 1 is 1.11 bits per heavy atom. The summed E-state index contributed by atoms with van der Waals surface area (Å²) in [6.07, 6.45) is 0. The van der Waals surface area contributed by atoms with Crippen LogP contribution in [0.3, 0.4) is 0 Å². The molecule has 0 aliphatic carbocycles. The van der Waals surface area contributed by atoms with E-state index in [9.17, 15) is 4.79 Å². The summed E-state index contributed by atoms with van der Waals surface area (Å²) in [5.41, 5.74) is 1.97. The second kappa shape index (κ2) is 5.95. The monoisotopic (exact) mass is 295 g/mol. The van der Waals surface area contributed by atoms with Gasteiger partial charge in [0.15, 0.2) is 0 Å². The van der Waals surface area contributed by atoms with E-state index >= 15 is 0 Å². The Labute approximate surface area is 120 Å². The van der Waals surface area contributed by atoms with Gasteiger partial charge in [0.1, 0.15) is 0 Å². The molecule has 2 rings (SSSR count). The SMILES string of the molecule is O=C(O)c1ccc(CNc2cc(Cl)ccc2Cl)cc1. The van der Waals surface area contributed by atoms with Gasteiger partial charge in [-0.3, -0.25) is 0 Å². The van der Waals surface area contributed by atoms with Crippen LogP contribution in [0.2, 0.25) is 10.0 Å². The van der Waals surface area contributed by atoms with Crippen molar-refractivity contribution >= 4 is 34.9 Å². The Balaban J connectivity index is 2.06. The molecule has 98 valence electrons. The normalized spacial score (nSPS) is 10.2. The molecule has 0 heterocycles. The first kappa shape index (κ1) is 13.7. The molecule has 19 heavy (non-hydrogen) atoms. The van der Waals surface area contributed by atoms with Gasteiger partial charge in [-0.25, -0.2) is 4.79 Å². The molecule has 0 atom stereocenters. The number of benzene rings is 2. The number of hydrogen-bond donors (Lipinski definition) is 2. The number of carbonyl (C=O) groups is 1. The highest BCUT2D eigenvalue weighted by Crippen LogP contribution is 2.25. The lowest BCUT2D eigenvalue weighted by Gasteiger charge is -2.09. The molecule has 5 heteroatoms. The number of aromatic carboxylic acids is 1. The predicted octanol–water partition coefficient (Wildman–Crippen LogP) is 4.30. The average Bonchev–Trinajstić information content (AvgIpc) is 2.40. The van der Waals surface area contributed by atoms with E-state index in [1.54, 1.807) is 42.5 Å². The second-order valence-corrected chi connectivity index (χ2v) is 4.82. The van der Waals surface area contributed by atoms with Crippen molar-refractivity contribution < 1.29 is 9.90 Å². The van der Waals surface area contributed by atoms with Gasteiger partial charge in [-0.15, -0.1) is 0 Å². The smallest absolute Gasteiger partial charge is 0.335 e. The summed E-state index contributed by atoms with van der Waals surface area (Å²) in [4.78, 5) is 10.7. The Bertz CT molecular complexity index is 597. The van der Waals surface area contributed by atoms with Gasteiger partial charge in [-0.1, -0.05) is 35.3 Å². The first-order valence-electron chi connectivity index (χ1n) is 5.57. The molecule has 0 fully saturated rings. The maximum absolute atomic E-state index is 10.7. The third-order valence-electron chi connectivity index (χ3n) is 2.61. The van der Waals surface area contributed by atoms with Crippen LogP contribution in [0.15, 0.2) is 42.5 Å². The summed E-state index contributed by atoms with van der Waals surface area (Å²) in [5, 5.41) is 13.2. The summed E-state index contributed by atoms with van der Waals surface area (Å²) in [5.74, 6) is -0.933. The zero-order chi connectivity index (χ0) is 13.8. The van der Waals surface area contributed by atoms with Gasteiger partial charge >= 0.3 is 5.97 Å². The standard InChI is InChI=1S/C14H11Cl2NO2/c15-11-5-6-12(16)13(7-11)17-8-9-1-3-10(4-2-9)14(18)19/h1-7,17H,8H2,(H,18,19). The number of anilines is 1. The van der Waals surface area contributed by atoms with E-state index in [2.05, 4.69) is 5.32 Å². The van der Waals surface area contributed by atoms with Crippen LogP contribution in [0.1, 0.15) is 15.9 Å². The quantitative estimate of drug-likeness (QED) is 0.884. The minimum atomic E-state index is -0.933. The molecule has 0 aliphatic heterocycles. The van der Waals surface area contributed by atoms with Gasteiger partial charge in [-0.05, 0) is 35.9 Å². The highest BCUT2D eigenvalue weighted by atomic mass is 35.5. The number of nitrogens with one attached hydrogen (secondary N) is 1. The number of carboxylic acid groups (broad SMARTS) is 1. The van der Waals surface area contributed by atoms with E-state index in [0.29, 0.717) is 16.6 Å². The Kier molecular flexibility index (Phi) is 4.30. The zero-order valence-electron chi connectivity index (χ0n) is 9.86. The largest absolute Gasteiger partial charge is 0.478 e. The van der Waals surface area contributed by atoms with Gasteiger partial charge in [0, 0.05) is 11.6 Å². The van der Waals surface area contributed by atoms with E-state index < -0.39 is 5.97 Å². The fraction of sp³-hybridized carbons (Fsp3) is 0.0714. The molecule has 2 aromatic carbocycles. The molecule has 0 saturated heterocycles. The van der Waals surface area contributed by atoms with Crippen molar-refractivity contribution in [3.63, 3.8) is 0 Å². The van der Waals surface area contributed by atoms with Crippen LogP contribution in [0.4, 0.5) is 5.69 Å². The molecule has 0 radical (unpaired) electrons. The van der Waals surface area contributed by atoms with Crippen LogP contribution in [0, 0.1) is 0 Å². The molecular formula is C14H11Cl2NO2. The van der Waals surface area contributed by atoms with Gasteiger partial charge in [0.05, 0.1) is 16.3 Å². The van der Waals surface area contributed by atoms with E-state index in [1.165, 1.54) is 0 Å². The number of hydrogen-bond acceptors (Lipinski definition) is 2. The minimum absolute atomic E-state index is 0.268. The summed E-state index contributed by atoms with van der Waals surface area (Å²) >= 11 is 11.9. The first-order chi connectivity index (χ1) is 9.06. The fourth-order valence-corrected chi connectivity index (χ4v) is 1.95. The summed E-state index contributed by atoms with van der Waals surface area (Å²) in [6.45, 7) is 0.542. The third kappa shape index (κ3) is 3.63. The van der Waals surface area contributed by atoms with Crippen LogP contribution in [0.25, 0.3) is 0 Å². The lowest BCUT2D eigenvalue weighted by molar-refractivity contribution is 0.0697. The Morgan fingerprint density at radius 3 is 2.42 bits per heavy atom. The van der Waals surface area contributed by atoms with Crippen molar-refractivity contribution in [2.24, 2.45) is 0 Å². The molecule has 0 saturated carbocycles. The van der Waals surface area contributed by atoms with Gasteiger partial charge in [-0.2, -0.15) is 0 Å². The van der Waals surface area contributed by atoms with Crippen molar-refractivity contribution in [2.75, 3.05) is 5.32 Å². The van der Waals surface area contributed by atoms with Crippen molar-refractivity contribution in [1.29, 1.82) is 0 Å². The zero-order valence-corrected chi connectivity index (χ0v) is 11.4. The highest BCUT2D eigenvalue weighted by molar-refractivity contribution is 6.35. The van der Waals surface area contributed by atoms with Crippen LogP contribution in [-0.2, 0) is 6.54 Å². The summed E-state index contributed by atoms with van der Waals surface area (Å²) < 4.78 is 0. The van der Waals surface area contributed by atoms with Crippen LogP contribution < -0.4 is 5.32 Å². The predicted molar refractivity (Wildman–Crippen MR) is 77.2 cm³/mol. The fourth-order valence-electron chi connectivity index (χ4n) is 1.60. The molecule has 2 N–H and O–H groups in total. The minimum Gasteiger partial charge on any atom is -0.478 e. The molecule has 0 amide bonds. The lowest BCUT2D eigenvalue weighted by Crippen LogP contribution is -2.01. The van der Waals surface area contributed by atoms with Crippen molar-refractivity contribution in [2.45, 2.75) is 6.54 Å². The molecule has 0 unspecified atom stereocenters. The van der Waals surface area contributed by atoms with Crippen LogP contribution in [-0.4, -0.2) is 11.1 Å². The van der Waals surface area contributed by atoms with Gasteiger partial charge in [0.2, 0.25) is 0 Å². The van der Waals surface area contributed by atoms with Crippen molar-refractivity contribution in [3.05, 3.63) is 63.6 Å². The van der Waals surface area contributed by atoms with E-state index in [0.717, 1.165) is 11.3 Å². The number of halogens is 2. The lowest BCUT2D eigenvalue weighted by atomic mass is 10.1. The number of rotatable bonds is 4. The topological polar surface area (TPSA) is 49.3 Å². The maximum atomic E-state index is 10.7. The van der Waals surface area contributed by atoms with Crippen LogP contribution in [0.5, 0.6) is 0 Å². The van der Waals surface area contributed by atoms with E-state index in [-0.39, 0.29) is 5.56 Å². The molecule has 0 aromatic heterocycles. The van der Waals surface area contributed by atoms with E-state index in [1.807, 2.05) is 0 Å². The summed E-state index contributed by atoms with van der Waals surface area (Å²) in [7, 11) is 0. The van der Waals surface area contributed by atoms with Crippen molar-refractivity contribution in [3.8, 4) is 0 Å². The molecule has 2 aromatic rings. The molecular weight excluding hydrogens is 285 g/mol. The van der Waals surface area contributed by atoms with Gasteiger partial charge < -0.3 is 10.4 Å². The maximum Gasteiger partial charge on any atom is 0.335 e. The van der Waals surface area contributed by atoms with Crippen LogP contribution >= 0.6 is 23.2 Å². The molecule has 3 nitrogen and oxygen atoms in total. The highest BCUT2D eigenvalue weighted by Gasteiger charge is 2.03. The van der Waals surface area contributed by atoms with Crippen molar-refractivity contribution in [1.82, 2.24) is 0 Å². The first-order valence-corrected chi connectivity index (χ1v) is 6.33. The second-order valence-electron chi connectivity index (χ2n) is 3.98. The Hall–Kier alpha value is -1.71. The van der Waals surface area contributed by atoms with Gasteiger partial charge in [0.25, 0.3) is 0 Å². The average molecular weight is 296 g/mol. The third-order valence-corrected chi connectivity index (χ3v) is 3.18. The Morgan fingerprint density at radius 2 is 1.79 bits per heavy atom. The van der Waals surface area contributed by atoms with E-state index in [4.69, 9.17) is 28.3 Å². The molecule has 0 bridgehead atoms. The molecule has 0 spiro atoms.